The molecule has 2 aromatic heterocycles. The van der Waals surface area contributed by atoms with Crippen molar-refractivity contribution in [3.05, 3.63) is 93.4 Å². The number of hydrogen-bond acceptors (Lipinski definition) is 4. The Balaban J connectivity index is 1.74. The lowest BCUT2D eigenvalue weighted by Crippen LogP contribution is -2.30. The second kappa shape index (κ2) is 7.95. The van der Waals surface area contributed by atoms with Gasteiger partial charge in [0, 0.05) is 48.1 Å². The van der Waals surface area contributed by atoms with Gasteiger partial charge in [-0.1, -0.05) is 37.3 Å². The van der Waals surface area contributed by atoms with Gasteiger partial charge in [0.1, 0.15) is 5.82 Å². The molecule has 2 atom stereocenters. The summed E-state index contributed by atoms with van der Waals surface area (Å²) in [6.07, 6.45) is 4.59. The summed E-state index contributed by atoms with van der Waals surface area (Å²) < 4.78 is 2.09. The third-order valence-corrected chi connectivity index (χ3v) is 6.45. The molecule has 0 amide bonds. The maximum Gasteiger partial charge on any atom is 0.256 e. The van der Waals surface area contributed by atoms with Gasteiger partial charge in [-0.05, 0) is 49.3 Å². The van der Waals surface area contributed by atoms with Gasteiger partial charge in [0.25, 0.3) is 5.56 Å². The van der Waals surface area contributed by atoms with E-state index in [4.69, 9.17) is 4.98 Å². The number of imidazole rings is 1. The minimum Gasteiger partial charge on any atom is -0.377 e. The average Bonchev–Trinajstić information content (AvgIpc) is 3.21. The Labute approximate surface area is 187 Å². The van der Waals surface area contributed by atoms with Crippen LogP contribution in [0, 0.1) is 0 Å². The number of aromatic nitrogens is 3. The van der Waals surface area contributed by atoms with Crippen molar-refractivity contribution >= 4 is 16.5 Å². The van der Waals surface area contributed by atoms with Crippen LogP contribution in [0.25, 0.3) is 10.8 Å². The first-order chi connectivity index (χ1) is 15.5. The molecular formula is C26H29N5O. The molecule has 2 aromatic carbocycles. The van der Waals surface area contributed by atoms with Crippen molar-refractivity contribution in [2.24, 2.45) is 7.05 Å². The molecule has 0 aliphatic carbocycles. The standard InChI is InChI=1S/C26H29N5O/c1-5-19-22-21-18(26(32)29-19)7-6-8-20(21)28-24(23(22)25-27-13-14-31(25)4)17-11-9-16(10-12-17)15-30(2)3/h6-14,23-24,28H,5,15H2,1-4H3,(H,29,32). The molecule has 0 radical (unpaired) electrons. The lowest BCUT2D eigenvalue weighted by atomic mass is 9.79. The number of nitrogens with one attached hydrogen (secondary N) is 2. The predicted molar refractivity (Wildman–Crippen MR) is 129 cm³/mol. The van der Waals surface area contributed by atoms with Gasteiger partial charge < -0.3 is 19.8 Å². The minimum absolute atomic E-state index is 0.00110. The molecule has 0 fully saturated rings. The molecule has 2 N–H and O–H groups in total. The molecule has 0 bridgehead atoms. The lowest BCUT2D eigenvalue weighted by molar-refractivity contribution is 0.402. The fourth-order valence-electron chi connectivity index (χ4n) is 5.04. The Kier molecular flexibility index (Phi) is 5.10. The van der Waals surface area contributed by atoms with Crippen LogP contribution in [0.4, 0.5) is 5.69 Å². The number of aromatic amines is 1. The number of H-pyrrole nitrogens is 1. The summed E-state index contributed by atoms with van der Waals surface area (Å²) in [7, 11) is 6.20. The number of nitrogens with zero attached hydrogens (tertiary/aromatic N) is 3. The third kappa shape index (κ3) is 3.31. The highest BCUT2D eigenvalue weighted by atomic mass is 16.1. The molecule has 2 unspecified atom stereocenters. The van der Waals surface area contributed by atoms with E-state index in [9.17, 15) is 4.79 Å². The summed E-state index contributed by atoms with van der Waals surface area (Å²) in [4.78, 5) is 22.9. The zero-order valence-electron chi connectivity index (χ0n) is 19.0. The fourth-order valence-corrected chi connectivity index (χ4v) is 5.04. The third-order valence-electron chi connectivity index (χ3n) is 6.45. The number of benzene rings is 2. The van der Waals surface area contributed by atoms with Crippen LogP contribution in [-0.4, -0.2) is 33.5 Å². The Bertz CT molecular complexity index is 1330. The van der Waals surface area contributed by atoms with E-state index in [-0.39, 0.29) is 17.5 Å². The lowest BCUT2D eigenvalue weighted by Gasteiger charge is -2.36. The van der Waals surface area contributed by atoms with E-state index in [1.807, 2.05) is 31.6 Å². The molecule has 3 heterocycles. The monoisotopic (exact) mass is 427 g/mol. The molecule has 1 aliphatic rings. The first-order valence-electron chi connectivity index (χ1n) is 11.1. The van der Waals surface area contributed by atoms with Crippen LogP contribution in [-0.2, 0) is 20.0 Å². The normalized spacial score (nSPS) is 17.7. The van der Waals surface area contributed by atoms with Crippen LogP contribution in [0.15, 0.2) is 59.7 Å². The molecule has 5 rings (SSSR count). The summed E-state index contributed by atoms with van der Waals surface area (Å²) in [5.41, 5.74) is 5.62. The Hall–Kier alpha value is -3.38. The van der Waals surface area contributed by atoms with Gasteiger partial charge in [-0.15, -0.1) is 0 Å². The molecule has 4 aromatic rings. The smallest absolute Gasteiger partial charge is 0.256 e. The summed E-state index contributed by atoms with van der Waals surface area (Å²) in [6, 6.07) is 14.8. The first-order valence-corrected chi connectivity index (χ1v) is 11.1. The highest BCUT2D eigenvalue weighted by Crippen LogP contribution is 2.47. The van der Waals surface area contributed by atoms with Crippen LogP contribution in [0.1, 0.15) is 47.1 Å². The number of pyridine rings is 1. The number of anilines is 1. The van der Waals surface area contributed by atoms with Crippen molar-refractivity contribution in [3.8, 4) is 0 Å². The van der Waals surface area contributed by atoms with Gasteiger partial charge in [0.15, 0.2) is 0 Å². The minimum atomic E-state index is -0.0330. The van der Waals surface area contributed by atoms with E-state index in [0.717, 1.165) is 40.9 Å². The van der Waals surface area contributed by atoms with Crippen molar-refractivity contribution in [2.45, 2.75) is 31.8 Å². The molecule has 0 saturated carbocycles. The molecule has 1 aliphatic heterocycles. The molecule has 164 valence electrons. The van der Waals surface area contributed by atoms with Gasteiger partial charge in [-0.25, -0.2) is 4.98 Å². The van der Waals surface area contributed by atoms with Gasteiger partial charge in [0.05, 0.1) is 12.0 Å². The molecule has 32 heavy (non-hydrogen) atoms. The van der Waals surface area contributed by atoms with E-state index in [1.54, 1.807) is 0 Å². The van der Waals surface area contributed by atoms with Crippen LogP contribution in [0.2, 0.25) is 0 Å². The van der Waals surface area contributed by atoms with Crippen LogP contribution in [0.3, 0.4) is 0 Å². The first kappa shape index (κ1) is 20.5. The van der Waals surface area contributed by atoms with Gasteiger partial charge in [-0.3, -0.25) is 4.79 Å². The van der Waals surface area contributed by atoms with Crippen molar-refractivity contribution in [1.29, 1.82) is 0 Å². The summed E-state index contributed by atoms with van der Waals surface area (Å²) in [5.74, 6) is 0.955. The zero-order valence-corrected chi connectivity index (χ0v) is 19.0. The fraction of sp³-hybridized carbons (Fsp3) is 0.308. The highest BCUT2D eigenvalue weighted by molar-refractivity contribution is 5.98. The van der Waals surface area contributed by atoms with Crippen molar-refractivity contribution in [3.63, 3.8) is 0 Å². The van der Waals surface area contributed by atoms with E-state index < -0.39 is 0 Å². The Morgan fingerprint density at radius 2 is 1.91 bits per heavy atom. The summed E-state index contributed by atoms with van der Waals surface area (Å²) >= 11 is 0. The highest BCUT2D eigenvalue weighted by Gasteiger charge is 2.37. The summed E-state index contributed by atoms with van der Waals surface area (Å²) in [5, 5.41) is 5.50. The van der Waals surface area contributed by atoms with E-state index >= 15 is 0 Å². The van der Waals surface area contributed by atoms with E-state index in [0.29, 0.717) is 0 Å². The maximum absolute atomic E-state index is 12.8. The topological polar surface area (TPSA) is 66.0 Å². The molecular weight excluding hydrogens is 398 g/mol. The van der Waals surface area contributed by atoms with Crippen LogP contribution >= 0.6 is 0 Å². The van der Waals surface area contributed by atoms with Crippen LogP contribution in [0.5, 0.6) is 0 Å². The van der Waals surface area contributed by atoms with Crippen molar-refractivity contribution < 1.29 is 0 Å². The van der Waals surface area contributed by atoms with Crippen molar-refractivity contribution in [2.75, 3.05) is 19.4 Å². The van der Waals surface area contributed by atoms with E-state index in [2.05, 4.69) is 71.1 Å². The van der Waals surface area contributed by atoms with Gasteiger partial charge in [-0.2, -0.15) is 0 Å². The van der Waals surface area contributed by atoms with Gasteiger partial charge >= 0.3 is 0 Å². The Morgan fingerprint density at radius 3 is 2.56 bits per heavy atom. The maximum atomic E-state index is 12.8. The largest absolute Gasteiger partial charge is 0.377 e. The van der Waals surface area contributed by atoms with Crippen LogP contribution < -0.4 is 10.9 Å². The summed E-state index contributed by atoms with van der Waals surface area (Å²) in [6.45, 7) is 3.00. The molecule has 6 nitrogen and oxygen atoms in total. The number of hydrogen-bond donors (Lipinski definition) is 2. The SMILES string of the molecule is CCc1[nH]c(=O)c2cccc3c2c1C(c1nccn1C)C(c1ccc(CN(C)C)cc1)N3. The quantitative estimate of drug-likeness (QED) is 0.501. The molecule has 0 saturated heterocycles. The second-order valence-corrected chi connectivity index (χ2v) is 8.90. The Morgan fingerprint density at radius 1 is 1.12 bits per heavy atom. The molecule has 0 spiro atoms. The van der Waals surface area contributed by atoms with E-state index in [1.165, 1.54) is 16.7 Å². The number of aryl methyl sites for hydroxylation is 2. The predicted octanol–water partition coefficient (Wildman–Crippen LogP) is 4.18. The van der Waals surface area contributed by atoms with Gasteiger partial charge in [0.2, 0.25) is 0 Å². The average molecular weight is 428 g/mol. The second-order valence-electron chi connectivity index (χ2n) is 8.90. The number of rotatable bonds is 5. The zero-order chi connectivity index (χ0) is 22.4. The molecule has 6 heteroatoms. The van der Waals surface area contributed by atoms with Crippen molar-refractivity contribution in [1.82, 2.24) is 19.4 Å².